The second kappa shape index (κ2) is 9.96. The highest BCUT2D eigenvalue weighted by atomic mass is 79.9. The normalized spacial score (nSPS) is 14.2. The van der Waals surface area contributed by atoms with Crippen LogP contribution < -0.4 is 0 Å². The number of halogens is 1. The Hall–Kier alpha value is 0.137. The molecule has 0 aromatic rings. The number of rotatable bonds is 9. The summed E-state index contributed by atoms with van der Waals surface area (Å²) in [5, 5.41) is 0.285. The van der Waals surface area contributed by atoms with Crippen molar-refractivity contribution in [1.29, 1.82) is 0 Å². The van der Waals surface area contributed by atoms with Crippen LogP contribution in [0, 0.1) is 0 Å². The first-order valence-corrected chi connectivity index (χ1v) is 11.6. The maximum absolute atomic E-state index is 6.11. The van der Waals surface area contributed by atoms with Crippen molar-refractivity contribution in [1.82, 2.24) is 0 Å². The lowest BCUT2D eigenvalue weighted by atomic mass is 10.1. The molecule has 0 atom stereocenters. The number of hydrogen-bond donors (Lipinski definition) is 0. The maximum atomic E-state index is 6.11. The smallest absolute Gasteiger partial charge is 0.192 e. The van der Waals surface area contributed by atoms with Crippen molar-refractivity contribution in [2.24, 2.45) is 0 Å². The second-order valence-corrected chi connectivity index (χ2v) is 12.6. The molecule has 0 rings (SSSR count). The maximum Gasteiger partial charge on any atom is 0.192 e. The monoisotopic (exact) mass is 360 g/mol. The van der Waals surface area contributed by atoms with Crippen molar-refractivity contribution in [3.05, 3.63) is 22.7 Å². The fourth-order valence-electron chi connectivity index (χ4n) is 1.51. The molecule has 0 aliphatic carbocycles. The third-order valence-electron chi connectivity index (χ3n) is 4.02. The Bertz CT molecular complexity index is 313. The molecule has 0 aliphatic rings. The molecule has 3 heteroatoms. The average Bonchev–Trinajstić information content (AvgIpc) is 2.33. The van der Waals surface area contributed by atoms with Gasteiger partial charge in [0.25, 0.3) is 0 Å². The zero-order valence-electron chi connectivity index (χ0n) is 14.3. The largest absolute Gasteiger partial charge is 0.413 e. The van der Waals surface area contributed by atoms with E-state index in [-0.39, 0.29) is 5.04 Å². The van der Waals surface area contributed by atoms with Gasteiger partial charge in [-0.15, -0.1) is 0 Å². The minimum atomic E-state index is -1.60. The third kappa shape index (κ3) is 9.14. The Labute approximate surface area is 136 Å². The Morgan fingerprint density at radius 1 is 1.15 bits per heavy atom. The van der Waals surface area contributed by atoms with Gasteiger partial charge in [0, 0.05) is 4.48 Å². The summed E-state index contributed by atoms with van der Waals surface area (Å²) in [5.41, 5.74) is 0. The van der Waals surface area contributed by atoms with Crippen LogP contribution in [0.3, 0.4) is 0 Å². The third-order valence-corrected chi connectivity index (χ3v) is 9.11. The Kier molecular flexibility index (Phi) is 10.0. The van der Waals surface area contributed by atoms with Gasteiger partial charge in [-0.25, -0.2) is 0 Å². The molecule has 0 aromatic heterocycles. The van der Waals surface area contributed by atoms with Crippen LogP contribution in [-0.4, -0.2) is 14.9 Å². The van der Waals surface area contributed by atoms with E-state index in [0.717, 1.165) is 13.0 Å². The molecule has 20 heavy (non-hydrogen) atoms. The van der Waals surface area contributed by atoms with E-state index < -0.39 is 8.32 Å². The molecule has 0 saturated heterocycles. The summed E-state index contributed by atoms with van der Waals surface area (Å²) in [6.45, 7) is 14.4. The summed E-state index contributed by atoms with van der Waals surface area (Å²) < 4.78 is 7.28. The van der Waals surface area contributed by atoms with Crippen molar-refractivity contribution >= 4 is 24.2 Å². The van der Waals surface area contributed by atoms with E-state index in [0.29, 0.717) is 0 Å². The van der Waals surface area contributed by atoms with E-state index in [4.69, 9.17) is 4.43 Å². The molecule has 0 aliphatic heterocycles. The van der Waals surface area contributed by atoms with Gasteiger partial charge in [-0.05, 0) is 31.0 Å². The molecule has 0 bridgehead atoms. The zero-order chi connectivity index (χ0) is 15.6. The van der Waals surface area contributed by atoms with Gasteiger partial charge in [0.2, 0.25) is 0 Å². The minimum Gasteiger partial charge on any atom is -0.413 e. The van der Waals surface area contributed by atoms with Crippen LogP contribution in [0.25, 0.3) is 0 Å². The molecule has 1 nitrogen and oxygen atoms in total. The predicted molar refractivity (Wildman–Crippen MR) is 98.1 cm³/mol. The van der Waals surface area contributed by atoms with E-state index in [1.807, 2.05) is 0 Å². The highest BCUT2D eigenvalue weighted by Gasteiger charge is 2.36. The molecule has 0 radical (unpaired) electrons. The van der Waals surface area contributed by atoms with E-state index in [9.17, 15) is 0 Å². The van der Waals surface area contributed by atoms with Crippen molar-refractivity contribution in [3.63, 3.8) is 0 Å². The first-order chi connectivity index (χ1) is 9.20. The van der Waals surface area contributed by atoms with Gasteiger partial charge in [0.05, 0.1) is 6.61 Å². The summed E-state index contributed by atoms with van der Waals surface area (Å²) >= 11 is 3.60. The molecule has 0 N–H and O–H groups in total. The second-order valence-electron chi connectivity index (χ2n) is 6.91. The van der Waals surface area contributed by atoms with Crippen LogP contribution >= 0.6 is 15.9 Å². The molecular weight excluding hydrogens is 328 g/mol. The Morgan fingerprint density at radius 3 is 2.35 bits per heavy atom. The van der Waals surface area contributed by atoms with Crippen molar-refractivity contribution in [2.45, 2.75) is 77.9 Å². The Morgan fingerprint density at radius 2 is 1.80 bits per heavy atom. The van der Waals surface area contributed by atoms with Crippen LogP contribution in [-0.2, 0) is 4.43 Å². The lowest BCUT2D eigenvalue weighted by Gasteiger charge is -2.35. The summed E-state index contributed by atoms with van der Waals surface area (Å²) in [7, 11) is -1.60. The highest BCUT2D eigenvalue weighted by Crippen LogP contribution is 2.36. The molecular formula is C17H33BrOSi. The fraction of sp³-hybridized carbons (Fsp3) is 0.765. The molecule has 0 heterocycles. The standard InChI is InChI=1S/C17H33BrOSi/c1-7-8-9-10-11-13-16(18)14-12-15-19-20(5,6)17(2,3)4/h12-14H,7-11,15H2,1-6H3/b14-12+,16-13-. The zero-order valence-corrected chi connectivity index (χ0v) is 16.8. The number of unbranched alkanes of at least 4 members (excludes halogenated alkanes) is 4. The van der Waals surface area contributed by atoms with Gasteiger partial charge in [-0.3, -0.25) is 0 Å². The first kappa shape index (κ1) is 20.1. The highest BCUT2D eigenvalue weighted by molar-refractivity contribution is 9.11. The molecule has 118 valence electrons. The van der Waals surface area contributed by atoms with Gasteiger partial charge in [-0.2, -0.15) is 0 Å². The van der Waals surface area contributed by atoms with Crippen LogP contribution in [0.1, 0.15) is 59.8 Å². The van der Waals surface area contributed by atoms with Crippen LogP contribution in [0.5, 0.6) is 0 Å². The van der Waals surface area contributed by atoms with E-state index in [1.165, 1.54) is 30.2 Å². The predicted octanol–water partition coefficient (Wildman–Crippen LogP) is 6.81. The minimum absolute atomic E-state index is 0.285. The Balaban J connectivity index is 3.98. The van der Waals surface area contributed by atoms with E-state index in [1.54, 1.807) is 0 Å². The molecule has 0 amide bonds. The molecule has 0 fully saturated rings. The van der Waals surface area contributed by atoms with Crippen LogP contribution in [0.2, 0.25) is 18.1 Å². The SMILES string of the molecule is CCCCCC/C=C(Br)/C=C/CO[Si](C)(C)C(C)(C)C. The summed E-state index contributed by atoms with van der Waals surface area (Å²) in [6, 6.07) is 0. The fourth-order valence-corrected chi connectivity index (χ4v) is 2.87. The van der Waals surface area contributed by atoms with Gasteiger partial charge in [-0.1, -0.05) is 81.1 Å². The van der Waals surface area contributed by atoms with Crippen LogP contribution in [0.4, 0.5) is 0 Å². The number of hydrogen-bond acceptors (Lipinski definition) is 1. The van der Waals surface area contributed by atoms with E-state index in [2.05, 4.69) is 74.9 Å². The van der Waals surface area contributed by atoms with Gasteiger partial charge in [0.15, 0.2) is 8.32 Å². The summed E-state index contributed by atoms with van der Waals surface area (Å²) in [5.74, 6) is 0. The summed E-state index contributed by atoms with van der Waals surface area (Å²) in [4.78, 5) is 0. The van der Waals surface area contributed by atoms with Gasteiger partial charge < -0.3 is 4.43 Å². The summed E-state index contributed by atoms with van der Waals surface area (Å²) in [6.07, 6.45) is 12.9. The molecule has 0 saturated carbocycles. The van der Waals surface area contributed by atoms with Crippen molar-refractivity contribution < 1.29 is 4.43 Å². The van der Waals surface area contributed by atoms with Crippen molar-refractivity contribution in [2.75, 3.05) is 6.61 Å². The van der Waals surface area contributed by atoms with E-state index >= 15 is 0 Å². The lowest BCUT2D eigenvalue weighted by Crippen LogP contribution is -2.40. The lowest BCUT2D eigenvalue weighted by molar-refractivity contribution is 0.328. The first-order valence-electron chi connectivity index (χ1n) is 7.87. The van der Waals surface area contributed by atoms with Gasteiger partial charge in [0.1, 0.15) is 0 Å². The average molecular weight is 361 g/mol. The molecule has 0 unspecified atom stereocenters. The number of allylic oxidation sites excluding steroid dienone is 3. The van der Waals surface area contributed by atoms with Crippen LogP contribution in [0.15, 0.2) is 22.7 Å². The van der Waals surface area contributed by atoms with Crippen molar-refractivity contribution in [3.8, 4) is 0 Å². The molecule has 0 aromatic carbocycles. The topological polar surface area (TPSA) is 9.23 Å². The van der Waals surface area contributed by atoms with Gasteiger partial charge >= 0.3 is 0 Å². The molecule has 0 spiro atoms. The quantitative estimate of drug-likeness (QED) is 0.249.